The van der Waals surface area contributed by atoms with Crippen LogP contribution in [-0.4, -0.2) is 9.97 Å². The van der Waals surface area contributed by atoms with Gasteiger partial charge in [0.25, 0.3) is 0 Å². The van der Waals surface area contributed by atoms with E-state index in [9.17, 15) is 0 Å². The number of benzene rings is 8. The summed E-state index contributed by atoms with van der Waals surface area (Å²) in [6.45, 7) is 0. The zero-order valence-corrected chi connectivity index (χ0v) is 29.3. The number of anilines is 3. The van der Waals surface area contributed by atoms with Crippen molar-refractivity contribution in [2.24, 2.45) is 0 Å². The van der Waals surface area contributed by atoms with Gasteiger partial charge in [0.1, 0.15) is 11.2 Å². The maximum absolute atomic E-state index is 6.55. The molecule has 0 aliphatic carbocycles. The second-order valence-electron chi connectivity index (χ2n) is 13.4. The van der Waals surface area contributed by atoms with Crippen LogP contribution < -0.4 is 4.90 Å². The SMILES string of the molecule is c1ccc(-c2ccc(-c3nc(-c4cccc5oc6cc(-c7ccc(N(c8ccccc8)c8ccccc8)cc7)ccc6c45)nc4ccccc34)cc2)cc1. The van der Waals surface area contributed by atoms with E-state index in [1.54, 1.807) is 0 Å². The lowest BCUT2D eigenvalue weighted by molar-refractivity contribution is 0.669. The Morgan fingerprint density at radius 3 is 1.65 bits per heavy atom. The molecule has 0 saturated carbocycles. The maximum atomic E-state index is 6.55. The zero-order chi connectivity index (χ0) is 35.8. The summed E-state index contributed by atoms with van der Waals surface area (Å²) >= 11 is 0. The number of furan rings is 1. The first-order valence-electron chi connectivity index (χ1n) is 18.2. The van der Waals surface area contributed by atoms with Gasteiger partial charge in [-0.3, -0.25) is 0 Å². The summed E-state index contributed by atoms with van der Waals surface area (Å²) in [7, 11) is 0. The van der Waals surface area contributed by atoms with Gasteiger partial charge in [0, 0.05) is 44.3 Å². The number of aromatic nitrogens is 2. The fraction of sp³-hybridized carbons (Fsp3) is 0. The normalized spacial score (nSPS) is 11.3. The molecule has 0 atom stereocenters. The van der Waals surface area contributed by atoms with Crippen molar-refractivity contribution >= 4 is 49.9 Å². The molecule has 0 aliphatic rings. The van der Waals surface area contributed by atoms with Gasteiger partial charge in [-0.25, -0.2) is 9.97 Å². The van der Waals surface area contributed by atoms with Crippen molar-refractivity contribution in [3.63, 3.8) is 0 Å². The Morgan fingerprint density at radius 1 is 0.370 bits per heavy atom. The van der Waals surface area contributed by atoms with E-state index in [1.165, 1.54) is 11.1 Å². The van der Waals surface area contributed by atoms with E-state index in [0.29, 0.717) is 5.82 Å². The van der Waals surface area contributed by atoms with Gasteiger partial charge in [-0.2, -0.15) is 0 Å². The highest BCUT2D eigenvalue weighted by Crippen LogP contribution is 2.40. The molecule has 54 heavy (non-hydrogen) atoms. The van der Waals surface area contributed by atoms with E-state index in [0.717, 1.165) is 77.9 Å². The topological polar surface area (TPSA) is 42.2 Å². The molecule has 0 unspecified atom stereocenters. The van der Waals surface area contributed by atoms with Crippen LogP contribution in [0.15, 0.2) is 205 Å². The van der Waals surface area contributed by atoms with Crippen molar-refractivity contribution < 1.29 is 4.42 Å². The quantitative estimate of drug-likeness (QED) is 0.167. The van der Waals surface area contributed by atoms with Crippen LogP contribution in [0, 0.1) is 0 Å². The highest BCUT2D eigenvalue weighted by Gasteiger charge is 2.18. The lowest BCUT2D eigenvalue weighted by Crippen LogP contribution is -2.09. The fourth-order valence-corrected chi connectivity index (χ4v) is 7.46. The average Bonchev–Trinajstić information content (AvgIpc) is 3.63. The van der Waals surface area contributed by atoms with E-state index in [-0.39, 0.29) is 0 Å². The van der Waals surface area contributed by atoms with Crippen LogP contribution in [0.5, 0.6) is 0 Å². The molecule has 0 radical (unpaired) electrons. The Hall–Kier alpha value is -7.30. The van der Waals surface area contributed by atoms with Crippen LogP contribution in [0.25, 0.3) is 77.7 Å². The largest absolute Gasteiger partial charge is 0.456 e. The van der Waals surface area contributed by atoms with Crippen molar-refractivity contribution in [1.82, 2.24) is 9.97 Å². The summed E-state index contributed by atoms with van der Waals surface area (Å²) < 4.78 is 6.55. The van der Waals surface area contributed by atoms with E-state index in [1.807, 2.05) is 42.5 Å². The molecule has 0 aliphatic heterocycles. The van der Waals surface area contributed by atoms with Crippen LogP contribution in [-0.2, 0) is 0 Å². The van der Waals surface area contributed by atoms with Crippen LogP contribution >= 0.6 is 0 Å². The third kappa shape index (κ3) is 5.67. The monoisotopic (exact) mass is 691 g/mol. The van der Waals surface area contributed by atoms with Crippen LogP contribution in [0.2, 0.25) is 0 Å². The Labute approximate surface area is 313 Å². The van der Waals surface area contributed by atoms with Crippen molar-refractivity contribution in [2.75, 3.05) is 4.90 Å². The summed E-state index contributed by atoms with van der Waals surface area (Å²) in [5.41, 5.74) is 13.3. The number of fused-ring (bicyclic) bond motifs is 4. The number of hydrogen-bond acceptors (Lipinski definition) is 4. The minimum absolute atomic E-state index is 0.671. The number of para-hydroxylation sites is 3. The van der Waals surface area contributed by atoms with E-state index in [4.69, 9.17) is 14.4 Å². The minimum Gasteiger partial charge on any atom is -0.456 e. The highest BCUT2D eigenvalue weighted by molar-refractivity contribution is 6.13. The molecule has 2 aromatic heterocycles. The van der Waals surface area contributed by atoms with Crippen LogP contribution in [0.1, 0.15) is 0 Å². The van der Waals surface area contributed by atoms with E-state index in [2.05, 4.69) is 163 Å². The predicted molar refractivity (Wildman–Crippen MR) is 223 cm³/mol. The number of rotatable bonds is 7. The molecular weight excluding hydrogens is 659 g/mol. The second-order valence-corrected chi connectivity index (χ2v) is 13.4. The third-order valence-corrected chi connectivity index (χ3v) is 10.1. The first-order valence-corrected chi connectivity index (χ1v) is 18.2. The molecule has 4 heteroatoms. The lowest BCUT2D eigenvalue weighted by atomic mass is 9.99. The summed E-state index contributed by atoms with van der Waals surface area (Å²) in [6, 6.07) is 69.6. The first-order chi connectivity index (χ1) is 26.8. The van der Waals surface area contributed by atoms with E-state index < -0.39 is 0 Å². The Morgan fingerprint density at radius 2 is 0.926 bits per heavy atom. The molecule has 0 saturated heterocycles. The number of nitrogens with zero attached hydrogens (tertiary/aromatic N) is 3. The predicted octanol–water partition coefficient (Wildman–Crippen LogP) is 13.7. The van der Waals surface area contributed by atoms with Crippen molar-refractivity contribution in [3.05, 3.63) is 200 Å². The third-order valence-electron chi connectivity index (χ3n) is 10.1. The Kier molecular flexibility index (Phi) is 7.77. The molecule has 4 nitrogen and oxygen atoms in total. The van der Waals surface area contributed by atoms with Crippen molar-refractivity contribution in [2.45, 2.75) is 0 Å². The molecule has 0 fully saturated rings. The van der Waals surface area contributed by atoms with Crippen molar-refractivity contribution in [1.29, 1.82) is 0 Å². The van der Waals surface area contributed by atoms with Gasteiger partial charge in [-0.15, -0.1) is 0 Å². The lowest BCUT2D eigenvalue weighted by Gasteiger charge is -2.25. The minimum atomic E-state index is 0.671. The van der Waals surface area contributed by atoms with Gasteiger partial charge in [0.05, 0.1) is 11.2 Å². The smallest absolute Gasteiger partial charge is 0.161 e. The Balaban J connectivity index is 1.03. The first kappa shape index (κ1) is 31.4. The molecule has 0 amide bonds. The zero-order valence-electron chi connectivity index (χ0n) is 29.3. The van der Waals surface area contributed by atoms with Gasteiger partial charge < -0.3 is 9.32 Å². The Bertz CT molecular complexity index is 2860. The highest BCUT2D eigenvalue weighted by atomic mass is 16.3. The fourth-order valence-electron chi connectivity index (χ4n) is 7.46. The average molecular weight is 692 g/mol. The molecule has 254 valence electrons. The number of hydrogen-bond donors (Lipinski definition) is 0. The molecule has 0 spiro atoms. The standard InChI is InChI=1S/C50H33N3O/c1-4-13-34(14-5-1)35-23-25-37(26-24-35)49-42-19-10-11-21-45(42)51-50(52-49)44-20-12-22-46-48(44)43-32-29-38(33-47(43)54-46)36-27-30-41(31-28-36)53(39-15-6-2-7-16-39)40-17-8-3-9-18-40/h1-33H. The molecular formula is C50H33N3O. The van der Waals surface area contributed by atoms with Gasteiger partial charge in [-0.1, -0.05) is 140 Å². The molecule has 10 aromatic rings. The van der Waals surface area contributed by atoms with Crippen LogP contribution in [0.3, 0.4) is 0 Å². The van der Waals surface area contributed by atoms with Gasteiger partial charge >= 0.3 is 0 Å². The molecule has 10 rings (SSSR count). The van der Waals surface area contributed by atoms with Gasteiger partial charge in [0.2, 0.25) is 0 Å². The summed E-state index contributed by atoms with van der Waals surface area (Å²) in [6.07, 6.45) is 0. The van der Waals surface area contributed by atoms with E-state index >= 15 is 0 Å². The van der Waals surface area contributed by atoms with Crippen molar-refractivity contribution in [3.8, 4) is 44.9 Å². The molecule has 8 aromatic carbocycles. The second kappa shape index (κ2) is 13.4. The summed E-state index contributed by atoms with van der Waals surface area (Å²) in [5, 5.41) is 3.06. The maximum Gasteiger partial charge on any atom is 0.161 e. The van der Waals surface area contributed by atoms with Gasteiger partial charge in [0.15, 0.2) is 5.82 Å². The molecule has 0 N–H and O–H groups in total. The summed E-state index contributed by atoms with van der Waals surface area (Å²) in [4.78, 5) is 12.6. The molecule has 0 bridgehead atoms. The van der Waals surface area contributed by atoms with Gasteiger partial charge in [-0.05, 0) is 82.9 Å². The van der Waals surface area contributed by atoms with Crippen LogP contribution in [0.4, 0.5) is 17.1 Å². The molecule has 2 heterocycles. The summed E-state index contributed by atoms with van der Waals surface area (Å²) in [5.74, 6) is 0.671.